The summed E-state index contributed by atoms with van der Waals surface area (Å²) in [4.78, 5) is 21.6. The summed E-state index contributed by atoms with van der Waals surface area (Å²) in [5.41, 5.74) is 3.55. The number of ether oxygens (including phenoxy) is 1. The van der Waals surface area contributed by atoms with Gasteiger partial charge in [0.25, 0.3) is 5.56 Å². The zero-order chi connectivity index (χ0) is 17.9. The fourth-order valence-corrected chi connectivity index (χ4v) is 3.77. The molecule has 2 aromatic heterocycles. The van der Waals surface area contributed by atoms with Gasteiger partial charge in [-0.3, -0.25) is 9.36 Å². The van der Waals surface area contributed by atoms with Crippen LogP contribution in [0.5, 0.6) is 0 Å². The van der Waals surface area contributed by atoms with Crippen molar-refractivity contribution in [1.82, 2.24) is 19.7 Å². The monoisotopic (exact) mass is 372 g/mol. The van der Waals surface area contributed by atoms with Crippen molar-refractivity contribution in [2.75, 3.05) is 49.7 Å². The number of aromatic nitrogens is 4. The molecule has 1 aliphatic heterocycles. The Morgan fingerprint density at radius 3 is 2.73 bits per heavy atom. The number of fused-ring (bicyclic) bond motifs is 1. The first-order valence-electron chi connectivity index (χ1n) is 8.50. The molecule has 0 atom stereocenters. The van der Waals surface area contributed by atoms with Crippen LogP contribution in [0, 0.1) is 0 Å². The molecule has 8 nitrogen and oxygen atoms in total. The molecule has 9 heteroatoms. The van der Waals surface area contributed by atoms with E-state index in [9.17, 15) is 4.79 Å². The standard InChI is InChI=1S/C17H20N6O2S/c1-25-9-8-23-11-18-15-10-13(2-3-14(15)16(23)24)21-4-6-22(7-5-21)17-20-19-12-26-17/h2-3,10-12H,4-9H2,1H3. The van der Waals surface area contributed by atoms with Gasteiger partial charge in [0.15, 0.2) is 0 Å². The summed E-state index contributed by atoms with van der Waals surface area (Å²) in [6.07, 6.45) is 1.60. The predicted octanol–water partition coefficient (Wildman–Crippen LogP) is 1.22. The molecule has 1 aliphatic rings. The van der Waals surface area contributed by atoms with E-state index in [4.69, 9.17) is 4.74 Å². The van der Waals surface area contributed by atoms with E-state index in [-0.39, 0.29) is 5.56 Å². The smallest absolute Gasteiger partial charge is 0.261 e. The Kier molecular flexibility index (Phi) is 4.81. The summed E-state index contributed by atoms with van der Waals surface area (Å²) in [5.74, 6) is 0. The van der Waals surface area contributed by atoms with Gasteiger partial charge in [0.1, 0.15) is 5.51 Å². The van der Waals surface area contributed by atoms with Crippen molar-refractivity contribution < 1.29 is 4.74 Å². The molecule has 0 aliphatic carbocycles. The van der Waals surface area contributed by atoms with Crippen LogP contribution < -0.4 is 15.4 Å². The number of nitrogens with zero attached hydrogens (tertiary/aromatic N) is 6. The molecule has 0 saturated carbocycles. The van der Waals surface area contributed by atoms with Crippen molar-refractivity contribution in [3.8, 4) is 0 Å². The van der Waals surface area contributed by atoms with E-state index in [0.29, 0.717) is 18.5 Å². The molecule has 0 radical (unpaired) electrons. The Labute approximate surface area is 154 Å². The van der Waals surface area contributed by atoms with Gasteiger partial charge in [0, 0.05) is 39.0 Å². The van der Waals surface area contributed by atoms with Gasteiger partial charge in [-0.2, -0.15) is 0 Å². The quantitative estimate of drug-likeness (QED) is 0.666. The Morgan fingerprint density at radius 1 is 1.19 bits per heavy atom. The third-order valence-electron chi connectivity index (χ3n) is 4.61. The maximum absolute atomic E-state index is 12.5. The average Bonchev–Trinajstić information content (AvgIpc) is 3.22. The van der Waals surface area contributed by atoms with Crippen LogP contribution in [0.25, 0.3) is 10.9 Å². The van der Waals surface area contributed by atoms with Gasteiger partial charge in [0.05, 0.1) is 30.4 Å². The lowest BCUT2D eigenvalue weighted by atomic mass is 10.2. The number of hydrogen-bond acceptors (Lipinski definition) is 8. The maximum atomic E-state index is 12.5. The van der Waals surface area contributed by atoms with Gasteiger partial charge >= 0.3 is 0 Å². The summed E-state index contributed by atoms with van der Waals surface area (Å²) in [6.45, 7) is 4.60. The number of rotatable bonds is 5. The zero-order valence-electron chi connectivity index (χ0n) is 14.5. The molecule has 0 unspecified atom stereocenters. The van der Waals surface area contributed by atoms with E-state index >= 15 is 0 Å². The lowest BCUT2D eigenvalue weighted by molar-refractivity contribution is 0.186. The molecule has 1 aromatic carbocycles. The lowest BCUT2D eigenvalue weighted by Crippen LogP contribution is -2.46. The summed E-state index contributed by atoms with van der Waals surface area (Å²) in [7, 11) is 1.62. The molecule has 1 fully saturated rings. The Hall–Kier alpha value is -2.52. The van der Waals surface area contributed by atoms with E-state index in [2.05, 4.69) is 25.0 Å². The van der Waals surface area contributed by atoms with Crippen molar-refractivity contribution >= 4 is 33.1 Å². The lowest BCUT2D eigenvalue weighted by Gasteiger charge is -2.35. The Morgan fingerprint density at radius 2 is 2.00 bits per heavy atom. The van der Waals surface area contributed by atoms with Gasteiger partial charge in [-0.15, -0.1) is 10.2 Å². The van der Waals surface area contributed by atoms with Crippen LogP contribution in [-0.2, 0) is 11.3 Å². The predicted molar refractivity (Wildman–Crippen MR) is 102 cm³/mol. The van der Waals surface area contributed by atoms with E-state index in [1.807, 2.05) is 18.2 Å². The first kappa shape index (κ1) is 16.9. The molecule has 26 heavy (non-hydrogen) atoms. The fraction of sp³-hybridized carbons (Fsp3) is 0.412. The minimum atomic E-state index is -0.0281. The van der Waals surface area contributed by atoms with Gasteiger partial charge in [0.2, 0.25) is 5.13 Å². The summed E-state index contributed by atoms with van der Waals surface area (Å²) < 4.78 is 6.63. The van der Waals surface area contributed by atoms with Crippen LogP contribution in [-0.4, -0.2) is 59.6 Å². The number of benzene rings is 1. The summed E-state index contributed by atoms with van der Waals surface area (Å²) >= 11 is 1.57. The third kappa shape index (κ3) is 3.27. The Balaban J connectivity index is 1.52. The first-order valence-corrected chi connectivity index (χ1v) is 9.38. The molecular weight excluding hydrogens is 352 g/mol. The average molecular weight is 372 g/mol. The Bertz CT molecular complexity index is 934. The highest BCUT2D eigenvalue weighted by atomic mass is 32.1. The van der Waals surface area contributed by atoms with Gasteiger partial charge in [-0.25, -0.2) is 4.98 Å². The highest BCUT2D eigenvalue weighted by Crippen LogP contribution is 2.23. The van der Waals surface area contributed by atoms with Gasteiger partial charge in [-0.05, 0) is 18.2 Å². The number of anilines is 2. The SMILES string of the molecule is COCCn1cnc2cc(N3CCN(c4nncs4)CC3)ccc2c1=O. The van der Waals surface area contributed by atoms with Crippen molar-refractivity contribution in [3.63, 3.8) is 0 Å². The minimum absolute atomic E-state index is 0.0281. The highest BCUT2D eigenvalue weighted by Gasteiger charge is 2.19. The third-order valence-corrected chi connectivity index (χ3v) is 5.36. The largest absolute Gasteiger partial charge is 0.383 e. The van der Waals surface area contributed by atoms with E-state index in [1.165, 1.54) is 0 Å². The second-order valence-corrected chi connectivity index (χ2v) is 6.94. The molecule has 0 N–H and O–H groups in total. The van der Waals surface area contributed by atoms with Crippen molar-refractivity contribution in [1.29, 1.82) is 0 Å². The first-order chi connectivity index (χ1) is 12.8. The van der Waals surface area contributed by atoms with E-state index < -0.39 is 0 Å². The molecule has 3 aromatic rings. The fourth-order valence-electron chi connectivity index (χ4n) is 3.15. The van der Waals surface area contributed by atoms with Crippen molar-refractivity contribution in [2.45, 2.75) is 6.54 Å². The minimum Gasteiger partial charge on any atom is -0.383 e. The summed E-state index contributed by atoms with van der Waals surface area (Å²) in [6, 6.07) is 5.88. The second-order valence-electron chi connectivity index (χ2n) is 6.13. The van der Waals surface area contributed by atoms with Crippen LogP contribution in [0.1, 0.15) is 0 Å². The maximum Gasteiger partial charge on any atom is 0.261 e. The number of methoxy groups -OCH3 is 1. The molecule has 4 rings (SSSR count). The van der Waals surface area contributed by atoms with Crippen molar-refractivity contribution in [3.05, 3.63) is 40.4 Å². The normalized spacial score (nSPS) is 15.0. The molecule has 0 spiro atoms. The number of hydrogen-bond donors (Lipinski definition) is 0. The molecular formula is C17H20N6O2S. The molecule has 3 heterocycles. The van der Waals surface area contributed by atoms with E-state index in [0.717, 1.165) is 42.5 Å². The van der Waals surface area contributed by atoms with E-state index in [1.54, 1.807) is 34.9 Å². The summed E-state index contributed by atoms with van der Waals surface area (Å²) in [5, 5.41) is 9.66. The zero-order valence-corrected chi connectivity index (χ0v) is 15.4. The van der Waals surface area contributed by atoms with Crippen LogP contribution >= 0.6 is 11.3 Å². The topological polar surface area (TPSA) is 76.4 Å². The molecule has 1 saturated heterocycles. The molecule has 0 amide bonds. The van der Waals surface area contributed by atoms with Gasteiger partial charge < -0.3 is 14.5 Å². The molecule has 0 bridgehead atoms. The second kappa shape index (κ2) is 7.38. The van der Waals surface area contributed by atoms with Crippen LogP contribution in [0.2, 0.25) is 0 Å². The van der Waals surface area contributed by atoms with Gasteiger partial charge in [-0.1, -0.05) is 11.3 Å². The highest BCUT2D eigenvalue weighted by molar-refractivity contribution is 7.13. The molecule has 136 valence electrons. The van der Waals surface area contributed by atoms with Crippen molar-refractivity contribution in [2.24, 2.45) is 0 Å². The number of piperazine rings is 1. The van der Waals surface area contributed by atoms with Crippen LogP contribution in [0.15, 0.2) is 34.8 Å². The van der Waals surface area contributed by atoms with Crippen LogP contribution in [0.4, 0.5) is 10.8 Å². The van der Waals surface area contributed by atoms with Crippen LogP contribution in [0.3, 0.4) is 0 Å².